The summed E-state index contributed by atoms with van der Waals surface area (Å²) in [4.78, 5) is 53.6. The largest absolute Gasteiger partial charge is 0.478 e. The third-order valence-corrected chi connectivity index (χ3v) is 6.90. The standard InChI is InChI=1S/C24H27FN6O2.C4H4O4/c25-17-3-5-20-21(13-17)31(23(33)15-27-20)12-11-30-9-7-18(8-10-30)26-14-19-4-1-16-2-6-22(32)29-24(16)28-19;5-3(6)1-2-4(7)8/h1,3-5,13,15,18,26H,2,6-12,14H2,(H,28,29,32);1-2H,(H,5,6)(H,7,8)/b;2-1+. The molecule has 3 aliphatic rings. The summed E-state index contributed by atoms with van der Waals surface area (Å²) in [6, 6.07) is 4.74. The molecule has 0 bridgehead atoms. The predicted molar refractivity (Wildman–Crippen MR) is 149 cm³/mol. The minimum absolute atomic E-state index is 0.0663. The van der Waals surface area contributed by atoms with Crippen molar-refractivity contribution in [1.29, 1.82) is 0 Å². The highest BCUT2D eigenvalue weighted by atomic mass is 19.1. The molecule has 216 valence electrons. The molecule has 4 N–H and O–H groups in total. The van der Waals surface area contributed by atoms with Crippen molar-refractivity contribution in [2.75, 3.05) is 26.2 Å². The van der Waals surface area contributed by atoms with Gasteiger partial charge in [-0.05, 0) is 62.2 Å². The molecule has 0 unspecified atom stereocenters. The van der Waals surface area contributed by atoms with Gasteiger partial charge in [-0.15, -0.1) is 0 Å². The third kappa shape index (κ3) is 8.50. The molecule has 0 radical (unpaired) electrons. The number of rotatable bonds is 8. The fourth-order valence-electron chi connectivity index (χ4n) is 4.75. The SMILES string of the molecule is O=C(O)/C=C/C(=O)O.O=C1CCC2=CC=C(CNC3CCN(CCn4c(=O)cnc5ccc(F)cc54)CC3)NC2=N1. The summed E-state index contributed by atoms with van der Waals surface area (Å²) in [5, 5.41) is 22.5. The van der Waals surface area contributed by atoms with Crippen LogP contribution in [0.1, 0.15) is 25.7 Å². The number of nitrogens with zero attached hydrogens (tertiary/aromatic N) is 4. The monoisotopic (exact) mass is 566 g/mol. The number of fused-ring (bicyclic) bond motifs is 2. The van der Waals surface area contributed by atoms with Gasteiger partial charge < -0.3 is 30.3 Å². The molecule has 1 amide bonds. The number of carbonyl (C=O) groups is 3. The molecule has 0 spiro atoms. The number of carbonyl (C=O) groups excluding carboxylic acids is 1. The van der Waals surface area contributed by atoms with Crippen LogP contribution in [0, 0.1) is 5.82 Å². The molecule has 1 aromatic heterocycles. The number of benzene rings is 1. The highest BCUT2D eigenvalue weighted by Gasteiger charge is 2.22. The predicted octanol–water partition coefficient (Wildman–Crippen LogP) is 1.43. The zero-order valence-corrected chi connectivity index (χ0v) is 22.3. The maximum atomic E-state index is 13.7. The lowest BCUT2D eigenvalue weighted by atomic mass is 10.0. The molecule has 3 aliphatic heterocycles. The van der Waals surface area contributed by atoms with Crippen LogP contribution in [-0.4, -0.2) is 80.6 Å². The van der Waals surface area contributed by atoms with E-state index in [2.05, 4.69) is 37.7 Å². The summed E-state index contributed by atoms with van der Waals surface area (Å²) >= 11 is 0. The molecule has 1 aromatic carbocycles. The fraction of sp³-hybridized carbons (Fsp3) is 0.357. The lowest BCUT2D eigenvalue weighted by molar-refractivity contribution is -0.134. The zero-order chi connectivity index (χ0) is 29.4. The van der Waals surface area contributed by atoms with E-state index in [9.17, 15) is 23.6 Å². The molecule has 0 atom stereocenters. The van der Waals surface area contributed by atoms with Crippen LogP contribution in [0.2, 0.25) is 0 Å². The van der Waals surface area contributed by atoms with E-state index in [1.165, 1.54) is 18.3 Å². The second-order valence-corrected chi connectivity index (χ2v) is 9.75. The lowest BCUT2D eigenvalue weighted by Gasteiger charge is -2.33. The number of allylic oxidation sites excluding steroid dienone is 2. The number of piperidine rings is 1. The molecule has 4 heterocycles. The Morgan fingerprint density at radius 2 is 1.80 bits per heavy atom. The Bertz CT molecular complexity index is 1490. The van der Waals surface area contributed by atoms with Gasteiger partial charge in [0.05, 0.1) is 17.2 Å². The zero-order valence-electron chi connectivity index (χ0n) is 22.3. The normalized spacial score (nSPS) is 17.6. The average molecular weight is 567 g/mol. The van der Waals surface area contributed by atoms with Crippen molar-refractivity contribution in [3.05, 3.63) is 76.1 Å². The molecule has 13 heteroatoms. The number of carboxylic acids is 2. The minimum atomic E-state index is -1.26. The van der Waals surface area contributed by atoms with Crippen LogP contribution in [0.4, 0.5) is 4.39 Å². The maximum absolute atomic E-state index is 13.7. The number of hydrogen-bond donors (Lipinski definition) is 4. The maximum Gasteiger partial charge on any atom is 0.328 e. The first-order chi connectivity index (χ1) is 19.7. The quantitative estimate of drug-likeness (QED) is 0.343. The molecule has 0 saturated carbocycles. The van der Waals surface area contributed by atoms with Gasteiger partial charge in [-0.2, -0.15) is 4.99 Å². The smallest absolute Gasteiger partial charge is 0.328 e. The van der Waals surface area contributed by atoms with Gasteiger partial charge in [0.25, 0.3) is 5.56 Å². The number of aliphatic imine (C=N–C) groups is 1. The summed E-state index contributed by atoms with van der Waals surface area (Å²) in [5.41, 5.74) is 3.06. The van der Waals surface area contributed by atoms with Crippen LogP contribution < -0.4 is 16.2 Å². The van der Waals surface area contributed by atoms with Crippen molar-refractivity contribution >= 4 is 34.7 Å². The van der Waals surface area contributed by atoms with Crippen LogP contribution in [-0.2, 0) is 20.9 Å². The number of likely N-dealkylation sites (tertiary alicyclic amines) is 1. The Labute approximate surface area is 234 Å². The molecule has 1 fully saturated rings. The number of aliphatic carboxylic acids is 2. The first-order valence-corrected chi connectivity index (χ1v) is 13.2. The van der Waals surface area contributed by atoms with E-state index >= 15 is 0 Å². The van der Waals surface area contributed by atoms with Crippen molar-refractivity contribution in [3.8, 4) is 0 Å². The van der Waals surface area contributed by atoms with Crippen molar-refractivity contribution in [2.24, 2.45) is 4.99 Å². The Hall–Kier alpha value is -4.49. The number of aromatic nitrogens is 2. The first kappa shape index (κ1) is 29.5. The van der Waals surface area contributed by atoms with E-state index in [4.69, 9.17) is 10.2 Å². The number of halogens is 1. The van der Waals surface area contributed by atoms with Gasteiger partial charge in [-0.25, -0.2) is 19.0 Å². The van der Waals surface area contributed by atoms with E-state index in [1.54, 1.807) is 10.6 Å². The Morgan fingerprint density at radius 3 is 2.51 bits per heavy atom. The summed E-state index contributed by atoms with van der Waals surface area (Å²) < 4.78 is 15.3. The number of dihydropyridines is 1. The van der Waals surface area contributed by atoms with Gasteiger partial charge in [-0.1, -0.05) is 6.08 Å². The number of hydrogen-bond acceptors (Lipinski definition) is 8. The van der Waals surface area contributed by atoms with Gasteiger partial charge in [-0.3, -0.25) is 9.59 Å². The topological polar surface area (TPSA) is 166 Å². The Kier molecular flexibility index (Phi) is 9.87. The molecule has 41 heavy (non-hydrogen) atoms. The number of amidine groups is 1. The third-order valence-electron chi connectivity index (χ3n) is 6.90. The number of amides is 1. The molecule has 5 rings (SSSR count). The van der Waals surface area contributed by atoms with Gasteiger partial charge in [0.1, 0.15) is 11.7 Å². The van der Waals surface area contributed by atoms with E-state index in [1.807, 2.05) is 0 Å². The highest BCUT2D eigenvalue weighted by molar-refractivity contribution is 6.08. The van der Waals surface area contributed by atoms with Crippen molar-refractivity contribution in [3.63, 3.8) is 0 Å². The minimum Gasteiger partial charge on any atom is -0.478 e. The molecule has 0 aliphatic carbocycles. The Morgan fingerprint density at radius 1 is 1.07 bits per heavy atom. The van der Waals surface area contributed by atoms with Crippen LogP contribution in [0.25, 0.3) is 11.0 Å². The van der Waals surface area contributed by atoms with Crippen molar-refractivity contribution in [1.82, 2.24) is 25.1 Å². The fourth-order valence-corrected chi connectivity index (χ4v) is 4.75. The Balaban J connectivity index is 0.000000426. The van der Waals surface area contributed by atoms with Crippen LogP contribution in [0.5, 0.6) is 0 Å². The lowest BCUT2D eigenvalue weighted by Crippen LogP contribution is -2.45. The van der Waals surface area contributed by atoms with Gasteiger partial charge in [0.2, 0.25) is 5.91 Å². The van der Waals surface area contributed by atoms with E-state index in [-0.39, 0.29) is 17.3 Å². The van der Waals surface area contributed by atoms with Crippen molar-refractivity contribution < 1.29 is 29.0 Å². The van der Waals surface area contributed by atoms with E-state index in [0.29, 0.717) is 54.6 Å². The summed E-state index contributed by atoms with van der Waals surface area (Å²) in [6.07, 6.45) is 9.78. The van der Waals surface area contributed by atoms with Crippen molar-refractivity contribution in [2.45, 2.75) is 38.3 Å². The van der Waals surface area contributed by atoms with Crippen LogP contribution in [0.15, 0.2) is 69.8 Å². The number of carboxylic acid groups (broad SMARTS) is 2. The van der Waals surface area contributed by atoms with E-state index < -0.39 is 11.9 Å². The van der Waals surface area contributed by atoms with Gasteiger partial charge >= 0.3 is 11.9 Å². The average Bonchev–Trinajstić information content (AvgIpc) is 2.95. The summed E-state index contributed by atoms with van der Waals surface area (Å²) in [6.45, 7) is 3.80. The first-order valence-electron chi connectivity index (χ1n) is 13.2. The summed E-state index contributed by atoms with van der Waals surface area (Å²) in [5.74, 6) is -2.26. The summed E-state index contributed by atoms with van der Waals surface area (Å²) in [7, 11) is 0. The molecular formula is C28H31FN6O6. The molecule has 12 nitrogen and oxygen atoms in total. The molecule has 2 aromatic rings. The van der Waals surface area contributed by atoms with Crippen LogP contribution in [0.3, 0.4) is 0 Å². The molecular weight excluding hydrogens is 535 g/mol. The second-order valence-electron chi connectivity index (χ2n) is 9.75. The van der Waals surface area contributed by atoms with Gasteiger partial charge in [0.15, 0.2) is 0 Å². The highest BCUT2D eigenvalue weighted by Crippen LogP contribution is 2.18. The number of nitrogens with one attached hydrogen (secondary N) is 2. The molecule has 1 saturated heterocycles. The van der Waals surface area contributed by atoms with E-state index in [0.717, 1.165) is 50.2 Å². The van der Waals surface area contributed by atoms with Crippen LogP contribution >= 0.6 is 0 Å². The van der Waals surface area contributed by atoms with Gasteiger partial charge in [0, 0.05) is 49.9 Å². The second kappa shape index (κ2) is 13.7.